The molecule has 0 spiro atoms. The molecule has 1 heterocycles. The van der Waals surface area contributed by atoms with Crippen LogP contribution < -0.4 is 5.32 Å². The van der Waals surface area contributed by atoms with Crippen molar-refractivity contribution < 1.29 is 5.11 Å². The molecule has 0 aliphatic rings. The monoisotopic (exact) mass is 604 g/mol. The van der Waals surface area contributed by atoms with Crippen LogP contribution in [0, 0.1) is 0 Å². The maximum atomic E-state index is 10.9. The minimum atomic E-state index is 0.325. The van der Waals surface area contributed by atoms with Gasteiger partial charge in [0.15, 0.2) is 0 Å². The summed E-state index contributed by atoms with van der Waals surface area (Å²) < 4.78 is 0. The number of nitrogens with zero attached hydrogens (tertiary/aromatic N) is 1. The summed E-state index contributed by atoms with van der Waals surface area (Å²) in [5, 5.41) is 14.5. The molecule has 0 saturated heterocycles. The molecule has 0 saturated carbocycles. The minimum absolute atomic E-state index is 0.325. The Kier molecular flexibility index (Phi) is 10.7. The average Bonchev–Trinajstić information content (AvgIpc) is 3.08. The third-order valence-electron chi connectivity index (χ3n) is 7.38. The molecule has 45 heavy (non-hydrogen) atoms. The Morgan fingerprint density at radius 3 is 2.18 bits per heavy atom. The number of allylic oxidation sites excluding steroid dienone is 8. The first-order valence-electron chi connectivity index (χ1n) is 14.9. The summed E-state index contributed by atoms with van der Waals surface area (Å²) in [5.74, 6) is 2.23. The van der Waals surface area contributed by atoms with Crippen molar-refractivity contribution in [3.05, 3.63) is 175 Å². The van der Waals surface area contributed by atoms with Gasteiger partial charge in [0, 0.05) is 16.8 Å². The first-order chi connectivity index (χ1) is 22.1. The van der Waals surface area contributed by atoms with Gasteiger partial charge in [0.2, 0.25) is 0 Å². The van der Waals surface area contributed by atoms with E-state index in [2.05, 4.69) is 87.9 Å². The molecule has 4 aromatic carbocycles. The Hall–Kier alpha value is -5.24. The third-order valence-corrected chi connectivity index (χ3v) is 7.60. The topological polar surface area (TPSA) is 45.2 Å². The van der Waals surface area contributed by atoms with E-state index in [9.17, 15) is 5.11 Å². The first kappa shape index (κ1) is 31.2. The number of nitrogens with one attached hydrogen (secondary N) is 1. The van der Waals surface area contributed by atoms with E-state index in [0.717, 1.165) is 61.7 Å². The number of aromatic nitrogens is 1. The molecule has 0 aliphatic heterocycles. The van der Waals surface area contributed by atoms with Crippen molar-refractivity contribution in [2.75, 3.05) is 5.32 Å². The van der Waals surface area contributed by atoms with Gasteiger partial charge in [-0.2, -0.15) is 0 Å². The highest BCUT2D eigenvalue weighted by atomic mass is 31.0. The third kappa shape index (κ3) is 8.03. The minimum Gasteiger partial charge on any atom is -0.507 e. The summed E-state index contributed by atoms with van der Waals surface area (Å²) >= 11 is 0. The van der Waals surface area contributed by atoms with Crippen molar-refractivity contribution in [2.45, 2.75) is 13.3 Å². The summed E-state index contributed by atoms with van der Waals surface area (Å²) in [5.41, 5.74) is 10.4. The smallest absolute Gasteiger partial charge is 0.126 e. The normalized spacial score (nSPS) is 11.7. The molecule has 1 atom stereocenters. The summed E-state index contributed by atoms with van der Waals surface area (Å²) in [4.78, 5) is 4.99. The van der Waals surface area contributed by atoms with Crippen molar-refractivity contribution in [3.8, 4) is 39.3 Å². The summed E-state index contributed by atoms with van der Waals surface area (Å²) in [6.45, 7) is 6.29. The Morgan fingerprint density at radius 1 is 0.756 bits per heavy atom. The molecule has 222 valence electrons. The highest BCUT2D eigenvalue weighted by Gasteiger charge is 2.11. The van der Waals surface area contributed by atoms with Crippen LogP contribution in [0.2, 0.25) is 0 Å². The average molecular weight is 605 g/mol. The fourth-order valence-electron chi connectivity index (χ4n) is 5.01. The molecule has 0 bridgehead atoms. The van der Waals surface area contributed by atoms with Gasteiger partial charge in [-0.3, -0.25) is 0 Å². The van der Waals surface area contributed by atoms with Crippen LogP contribution in [0.1, 0.15) is 18.2 Å². The summed E-state index contributed by atoms with van der Waals surface area (Å²) in [7, 11) is 2.55. The highest BCUT2D eigenvalue weighted by molar-refractivity contribution is 7.20. The second-order valence-electron chi connectivity index (χ2n) is 10.5. The number of phenols is 1. The van der Waals surface area contributed by atoms with Gasteiger partial charge in [-0.15, -0.1) is 9.24 Å². The van der Waals surface area contributed by atoms with Crippen molar-refractivity contribution in [3.63, 3.8) is 0 Å². The molecule has 5 aromatic rings. The van der Waals surface area contributed by atoms with Crippen LogP contribution in [-0.2, 0) is 6.42 Å². The van der Waals surface area contributed by atoms with Crippen molar-refractivity contribution >= 4 is 26.2 Å². The Labute approximate surface area is 268 Å². The zero-order valence-electron chi connectivity index (χ0n) is 25.4. The van der Waals surface area contributed by atoms with E-state index in [4.69, 9.17) is 4.98 Å². The number of para-hydroxylation sites is 1. The van der Waals surface area contributed by atoms with E-state index >= 15 is 0 Å². The lowest BCUT2D eigenvalue weighted by Crippen LogP contribution is -1.99. The van der Waals surface area contributed by atoms with Gasteiger partial charge in [-0.1, -0.05) is 140 Å². The predicted molar refractivity (Wildman–Crippen MR) is 197 cm³/mol. The highest BCUT2D eigenvalue weighted by Crippen LogP contribution is 2.35. The maximum Gasteiger partial charge on any atom is 0.126 e. The number of phenolic OH excluding ortho intramolecular Hbond substituents is 1. The lowest BCUT2D eigenvalue weighted by molar-refractivity contribution is 0.472. The molecular weight excluding hydrogens is 567 g/mol. The van der Waals surface area contributed by atoms with Crippen LogP contribution in [0.3, 0.4) is 0 Å². The number of rotatable bonds is 11. The van der Waals surface area contributed by atoms with Crippen molar-refractivity contribution in [2.24, 2.45) is 0 Å². The second kappa shape index (κ2) is 15.5. The zero-order chi connectivity index (χ0) is 31.4. The van der Waals surface area contributed by atoms with Crippen LogP contribution in [0.4, 0.5) is 11.4 Å². The van der Waals surface area contributed by atoms with Gasteiger partial charge in [0.25, 0.3) is 0 Å². The fourth-order valence-corrected chi connectivity index (χ4v) is 5.14. The number of aromatic hydroxyl groups is 1. The van der Waals surface area contributed by atoms with Crippen LogP contribution in [0.5, 0.6) is 5.75 Å². The number of benzene rings is 4. The molecule has 1 unspecified atom stereocenters. The molecule has 0 aliphatic carbocycles. The van der Waals surface area contributed by atoms with Crippen molar-refractivity contribution in [1.29, 1.82) is 0 Å². The molecule has 3 nitrogen and oxygen atoms in total. The fraction of sp³-hybridized carbons (Fsp3) is 0.0488. The Balaban J connectivity index is 1.35. The molecule has 1 aromatic heterocycles. The van der Waals surface area contributed by atoms with E-state index in [-0.39, 0.29) is 0 Å². The van der Waals surface area contributed by atoms with E-state index in [1.54, 1.807) is 0 Å². The molecule has 4 heteroatoms. The van der Waals surface area contributed by atoms with Crippen LogP contribution in [0.15, 0.2) is 164 Å². The lowest BCUT2D eigenvalue weighted by atomic mass is 9.97. The molecule has 0 fully saturated rings. The summed E-state index contributed by atoms with van der Waals surface area (Å²) in [6.07, 6.45) is 14.6. The number of hydrogen-bond acceptors (Lipinski definition) is 3. The van der Waals surface area contributed by atoms with E-state index in [0.29, 0.717) is 12.2 Å². The van der Waals surface area contributed by atoms with E-state index in [1.165, 1.54) is 0 Å². The Bertz CT molecular complexity index is 1870. The first-order valence-corrected chi connectivity index (χ1v) is 15.6. The van der Waals surface area contributed by atoms with Gasteiger partial charge in [0.1, 0.15) is 5.75 Å². The van der Waals surface area contributed by atoms with E-state index < -0.39 is 0 Å². The van der Waals surface area contributed by atoms with Crippen LogP contribution in [0.25, 0.3) is 39.1 Å². The van der Waals surface area contributed by atoms with Crippen LogP contribution in [-0.4, -0.2) is 10.1 Å². The SMILES string of the molecule is C=C(/C=C\C=C/C)c1nc(-c2ccccc2)ccc1Nc1ccc(-c2ccc(-c3cccc(C/C=C\C=C/P)c3O)cc2)cc1. The maximum absolute atomic E-state index is 10.9. The molecule has 2 N–H and O–H groups in total. The zero-order valence-corrected chi connectivity index (χ0v) is 26.6. The number of anilines is 2. The summed E-state index contributed by atoms with van der Waals surface area (Å²) in [6, 6.07) is 36.9. The van der Waals surface area contributed by atoms with Gasteiger partial charge in [-0.25, -0.2) is 4.98 Å². The van der Waals surface area contributed by atoms with Crippen molar-refractivity contribution in [1.82, 2.24) is 4.98 Å². The number of pyridine rings is 1. The Morgan fingerprint density at radius 2 is 1.47 bits per heavy atom. The van der Waals surface area contributed by atoms with Crippen LogP contribution >= 0.6 is 9.24 Å². The van der Waals surface area contributed by atoms with Gasteiger partial charge in [0.05, 0.1) is 17.1 Å². The largest absolute Gasteiger partial charge is 0.507 e. The number of hydrogen-bond donors (Lipinski definition) is 2. The standard InChI is InChI=1S/C41H37N2OP/c1-3-4-7-13-30(2)40-39(28-27-38(43-40)34-14-8-5-9-15-34)42-36-25-23-32(24-26-36)31-19-21-33(22-20-31)37-18-12-17-35(41(37)44)16-10-6-11-29-45/h3-15,17-29,42,44H,2,16,45H2,1H3/b4-3-,10-6-,13-7-,29-11-. The van der Waals surface area contributed by atoms with Gasteiger partial charge in [-0.05, 0) is 65.4 Å². The van der Waals surface area contributed by atoms with E-state index in [1.807, 2.05) is 97.7 Å². The lowest BCUT2D eigenvalue weighted by Gasteiger charge is -2.14. The predicted octanol–water partition coefficient (Wildman–Crippen LogP) is 11.2. The molecule has 0 radical (unpaired) electrons. The molecule has 0 amide bonds. The molecular formula is C41H37N2OP. The quantitative estimate of drug-likeness (QED) is 0.116. The van der Waals surface area contributed by atoms with Gasteiger partial charge < -0.3 is 10.4 Å². The second-order valence-corrected chi connectivity index (χ2v) is 10.9. The molecule has 5 rings (SSSR count). The van der Waals surface area contributed by atoms with Gasteiger partial charge >= 0.3 is 0 Å².